The molecule has 1 aromatic rings. The molecule has 2 rings (SSSR count). The molecule has 0 bridgehead atoms. The highest BCUT2D eigenvalue weighted by Gasteiger charge is 2.19. The molecule has 1 saturated carbocycles. The zero-order valence-electron chi connectivity index (χ0n) is 11.1. The summed E-state index contributed by atoms with van der Waals surface area (Å²) in [6, 6.07) is 0.453. The highest BCUT2D eigenvalue weighted by atomic mass is 35.5. The van der Waals surface area contributed by atoms with E-state index in [1.165, 1.54) is 25.7 Å². The van der Waals surface area contributed by atoms with Crippen LogP contribution in [0.4, 0.5) is 11.9 Å². The van der Waals surface area contributed by atoms with Crippen LogP contribution in [0.5, 0.6) is 0 Å². The average Bonchev–Trinajstić information content (AvgIpc) is 2.31. The summed E-state index contributed by atoms with van der Waals surface area (Å²) in [6.07, 6.45) is 4.86. The maximum absolute atomic E-state index is 5.91. The van der Waals surface area contributed by atoms with Gasteiger partial charge in [-0.05, 0) is 43.2 Å². The molecule has 0 spiro atoms. The van der Waals surface area contributed by atoms with Crippen molar-refractivity contribution in [3.63, 3.8) is 0 Å². The van der Waals surface area contributed by atoms with E-state index < -0.39 is 0 Å². The van der Waals surface area contributed by atoms with Gasteiger partial charge >= 0.3 is 0 Å². The Hall–Kier alpha value is -1.10. The zero-order chi connectivity index (χ0) is 13.1. The second-order valence-electron chi connectivity index (χ2n) is 5.22. The van der Waals surface area contributed by atoms with Crippen molar-refractivity contribution < 1.29 is 0 Å². The molecule has 0 unspecified atom stereocenters. The number of aromatic nitrogens is 3. The van der Waals surface area contributed by atoms with Crippen molar-refractivity contribution in [3.05, 3.63) is 5.28 Å². The zero-order valence-corrected chi connectivity index (χ0v) is 11.9. The van der Waals surface area contributed by atoms with Gasteiger partial charge in [-0.15, -0.1) is 0 Å². The topological polar surface area (TPSA) is 53.9 Å². The lowest BCUT2D eigenvalue weighted by atomic mass is 9.87. The molecule has 18 heavy (non-hydrogen) atoms. The number of hydrogen-bond donors (Lipinski definition) is 1. The molecule has 100 valence electrons. The maximum Gasteiger partial charge on any atom is 0.230 e. The van der Waals surface area contributed by atoms with Crippen LogP contribution in [0.1, 0.15) is 32.6 Å². The van der Waals surface area contributed by atoms with E-state index in [0.29, 0.717) is 17.9 Å². The fourth-order valence-electron chi connectivity index (χ4n) is 2.19. The van der Waals surface area contributed by atoms with E-state index >= 15 is 0 Å². The van der Waals surface area contributed by atoms with E-state index in [9.17, 15) is 0 Å². The maximum atomic E-state index is 5.91. The minimum Gasteiger partial charge on any atom is -0.351 e. The van der Waals surface area contributed by atoms with Crippen LogP contribution in [0.3, 0.4) is 0 Å². The van der Waals surface area contributed by atoms with Crippen molar-refractivity contribution in [2.75, 3.05) is 24.3 Å². The smallest absolute Gasteiger partial charge is 0.230 e. The van der Waals surface area contributed by atoms with Gasteiger partial charge in [-0.25, -0.2) is 0 Å². The van der Waals surface area contributed by atoms with Gasteiger partial charge in [0.1, 0.15) is 0 Å². The summed E-state index contributed by atoms with van der Waals surface area (Å²) >= 11 is 5.91. The molecule has 1 fully saturated rings. The molecule has 6 heteroatoms. The van der Waals surface area contributed by atoms with E-state index in [1.54, 1.807) is 0 Å². The molecule has 0 aromatic carbocycles. The van der Waals surface area contributed by atoms with Crippen molar-refractivity contribution in [1.29, 1.82) is 0 Å². The summed E-state index contributed by atoms with van der Waals surface area (Å²) in [5.74, 6) is 2.00. The Morgan fingerprint density at radius 3 is 2.39 bits per heavy atom. The molecule has 1 heterocycles. The molecule has 0 saturated heterocycles. The third-order valence-electron chi connectivity index (χ3n) is 3.35. The number of nitrogens with one attached hydrogen (secondary N) is 1. The fraction of sp³-hybridized carbons (Fsp3) is 0.750. The number of rotatable bonds is 3. The van der Waals surface area contributed by atoms with Crippen LogP contribution in [0, 0.1) is 5.92 Å². The van der Waals surface area contributed by atoms with Gasteiger partial charge in [0.2, 0.25) is 17.2 Å². The number of anilines is 2. The first-order valence-corrected chi connectivity index (χ1v) is 6.78. The summed E-state index contributed by atoms with van der Waals surface area (Å²) in [7, 11) is 3.77. The van der Waals surface area contributed by atoms with Gasteiger partial charge in [0, 0.05) is 20.1 Å². The molecule has 1 N–H and O–H groups in total. The van der Waals surface area contributed by atoms with Crippen LogP contribution in [-0.2, 0) is 0 Å². The van der Waals surface area contributed by atoms with Crippen LogP contribution in [0.25, 0.3) is 0 Å². The summed E-state index contributed by atoms with van der Waals surface area (Å²) in [5.41, 5.74) is 0. The Morgan fingerprint density at radius 1 is 1.11 bits per heavy atom. The average molecular weight is 270 g/mol. The summed E-state index contributed by atoms with van der Waals surface area (Å²) in [6.45, 7) is 2.31. The number of halogens is 1. The fourth-order valence-corrected chi connectivity index (χ4v) is 2.35. The second-order valence-corrected chi connectivity index (χ2v) is 5.56. The second kappa shape index (κ2) is 5.69. The molecule has 1 aromatic heterocycles. The van der Waals surface area contributed by atoms with Gasteiger partial charge in [-0.1, -0.05) is 6.92 Å². The predicted octanol–water partition coefficient (Wildman–Crippen LogP) is 2.58. The lowest BCUT2D eigenvalue weighted by Crippen LogP contribution is -2.26. The molecular weight excluding hydrogens is 250 g/mol. The lowest BCUT2D eigenvalue weighted by molar-refractivity contribution is 0.360. The van der Waals surface area contributed by atoms with Crippen molar-refractivity contribution in [3.8, 4) is 0 Å². The minimum absolute atomic E-state index is 0.236. The van der Waals surface area contributed by atoms with Crippen LogP contribution >= 0.6 is 11.6 Å². The molecule has 0 amide bonds. The summed E-state index contributed by atoms with van der Waals surface area (Å²) in [5, 5.41) is 3.60. The first-order chi connectivity index (χ1) is 8.54. The predicted molar refractivity (Wildman–Crippen MR) is 74.2 cm³/mol. The standard InChI is InChI=1S/C12H20ClN5/c1-8-4-6-9(7-5-8)14-11-15-10(13)16-12(17-11)18(2)3/h8-9H,4-7H2,1-3H3,(H,14,15,16,17). The van der Waals surface area contributed by atoms with E-state index in [4.69, 9.17) is 11.6 Å². The third kappa shape index (κ3) is 3.45. The molecule has 0 radical (unpaired) electrons. The summed E-state index contributed by atoms with van der Waals surface area (Å²) < 4.78 is 0. The summed E-state index contributed by atoms with van der Waals surface area (Å²) in [4.78, 5) is 14.4. The van der Waals surface area contributed by atoms with Gasteiger partial charge in [0.15, 0.2) is 0 Å². The van der Waals surface area contributed by atoms with Crippen molar-refractivity contribution in [2.45, 2.75) is 38.6 Å². The van der Waals surface area contributed by atoms with Crippen molar-refractivity contribution in [2.24, 2.45) is 5.92 Å². The van der Waals surface area contributed by atoms with E-state index in [0.717, 1.165) is 5.92 Å². The Balaban J connectivity index is 2.04. The lowest BCUT2D eigenvalue weighted by Gasteiger charge is -2.27. The Morgan fingerprint density at radius 2 is 1.78 bits per heavy atom. The SMILES string of the molecule is CC1CCC(Nc2nc(Cl)nc(N(C)C)n2)CC1. The molecular formula is C12H20ClN5. The molecule has 1 aliphatic carbocycles. The number of nitrogens with zero attached hydrogens (tertiary/aromatic N) is 4. The molecule has 5 nitrogen and oxygen atoms in total. The van der Waals surface area contributed by atoms with Crippen molar-refractivity contribution >= 4 is 23.5 Å². The van der Waals surface area contributed by atoms with Crippen LogP contribution < -0.4 is 10.2 Å². The Labute approximate surface area is 113 Å². The van der Waals surface area contributed by atoms with Crippen LogP contribution in [0.15, 0.2) is 0 Å². The molecule has 1 aliphatic rings. The number of hydrogen-bond acceptors (Lipinski definition) is 5. The van der Waals surface area contributed by atoms with E-state index in [2.05, 4.69) is 27.2 Å². The van der Waals surface area contributed by atoms with E-state index in [-0.39, 0.29) is 5.28 Å². The first-order valence-electron chi connectivity index (χ1n) is 6.40. The first kappa shape index (κ1) is 13.3. The largest absolute Gasteiger partial charge is 0.351 e. The van der Waals surface area contributed by atoms with Crippen LogP contribution in [-0.4, -0.2) is 35.1 Å². The Kier molecular flexibility index (Phi) is 4.22. The van der Waals surface area contributed by atoms with Gasteiger partial charge < -0.3 is 10.2 Å². The minimum atomic E-state index is 0.236. The van der Waals surface area contributed by atoms with Crippen LogP contribution in [0.2, 0.25) is 5.28 Å². The monoisotopic (exact) mass is 269 g/mol. The van der Waals surface area contributed by atoms with Crippen molar-refractivity contribution in [1.82, 2.24) is 15.0 Å². The van der Waals surface area contributed by atoms with E-state index in [1.807, 2.05) is 19.0 Å². The molecule has 0 atom stereocenters. The molecule has 0 aliphatic heterocycles. The third-order valence-corrected chi connectivity index (χ3v) is 3.51. The highest BCUT2D eigenvalue weighted by Crippen LogP contribution is 2.25. The van der Waals surface area contributed by atoms with Gasteiger partial charge in [-0.2, -0.15) is 15.0 Å². The van der Waals surface area contributed by atoms with Gasteiger partial charge in [0.05, 0.1) is 0 Å². The normalized spacial score (nSPS) is 23.8. The van der Waals surface area contributed by atoms with Gasteiger partial charge in [-0.3, -0.25) is 0 Å². The van der Waals surface area contributed by atoms with Gasteiger partial charge in [0.25, 0.3) is 0 Å². The quantitative estimate of drug-likeness (QED) is 0.914. The Bertz CT molecular complexity index is 401. The highest BCUT2D eigenvalue weighted by molar-refractivity contribution is 6.28.